The summed E-state index contributed by atoms with van der Waals surface area (Å²) in [5.74, 6) is 0.457. The van der Waals surface area contributed by atoms with Crippen LogP contribution >= 0.6 is 23.2 Å². The van der Waals surface area contributed by atoms with Gasteiger partial charge in [-0.2, -0.15) is 0 Å². The maximum Gasteiger partial charge on any atom is 0.333 e. The predicted octanol–water partition coefficient (Wildman–Crippen LogP) is 7.94. The van der Waals surface area contributed by atoms with Crippen LogP contribution in [-0.2, 0) is 44.4 Å². The largest absolute Gasteiger partial charge is 0.488 e. The van der Waals surface area contributed by atoms with E-state index < -0.39 is 12.1 Å². The lowest BCUT2D eigenvalue weighted by Crippen LogP contribution is -2.32. The second-order valence-corrected chi connectivity index (χ2v) is 15.7. The number of ether oxygens (including phenoxy) is 4. The first-order chi connectivity index (χ1) is 30.5. The van der Waals surface area contributed by atoms with Gasteiger partial charge in [0, 0.05) is 84.0 Å². The van der Waals surface area contributed by atoms with E-state index >= 15 is 0 Å². The smallest absolute Gasteiger partial charge is 0.333 e. The first-order valence-electron chi connectivity index (χ1n) is 20.0. The molecule has 4 aromatic carbocycles. The fourth-order valence-electron chi connectivity index (χ4n) is 6.86. The molecule has 1 aliphatic heterocycles. The normalized spacial score (nSPS) is 12.3. The molecule has 1 atom stereocenters. The Morgan fingerprint density at radius 3 is 1.86 bits per heavy atom. The lowest BCUT2D eigenvalue weighted by Gasteiger charge is -2.19. The number of pyridine rings is 2. The van der Waals surface area contributed by atoms with Gasteiger partial charge in [-0.25, -0.2) is 4.79 Å². The molecular formula is C48H46Cl2N5O8+. The van der Waals surface area contributed by atoms with E-state index in [-0.39, 0.29) is 46.1 Å². The van der Waals surface area contributed by atoms with E-state index in [1.54, 1.807) is 55.1 Å². The van der Waals surface area contributed by atoms with Crippen LogP contribution in [0.1, 0.15) is 55.6 Å². The van der Waals surface area contributed by atoms with Crippen LogP contribution in [0.5, 0.6) is 23.0 Å². The standard InChI is InChI=1S/C48H45Cl2N5O8/c1-28-33(26-62-46-13-44(60-24-31-9-30(15-51)16-52-17-31)36(11-40(46)49)20-54-22-43(57)48(58)59)5-3-7-38(28)39-8-4-6-34(29(39)2)27-63-47-14-45(37(23-56)12-41(47)50)61-25-32-10-35(19-53-18-32)42-21-55-42/h3-19,43,51,54,56-57H,20-27H2,1-2H3,(H,58,59)/p+1. The minimum atomic E-state index is -1.58. The molecule has 0 fully saturated rings. The molecule has 6 aromatic rings. The Labute approximate surface area is 374 Å². The van der Waals surface area contributed by atoms with Gasteiger partial charge < -0.3 is 45.0 Å². The van der Waals surface area contributed by atoms with E-state index in [0.29, 0.717) is 49.7 Å². The van der Waals surface area contributed by atoms with E-state index in [0.717, 1.165) is 62.3 Å². The van der Waals surface area contributed by atoms with Crippen molar-refractivity contribution in [2.45, 2.75) is 59.5 Å². The maximum absolute atomic E-state index is 11.2. The highest BCUT2D eigenvalue weighted by Gasteiger charge is 2.19. The van der Waals surface area contributed by atoms with E-state index in [9.17, 15) is 9.90 Å². The summed E-state index contributed by atoms with van der Waals surface area (Å²) < 4.78 is 25.0. The van der Waals surface area contributed by atoms with Crippen molar-refractivity contribution >= 4 is 41.1 Å². The van der Waals surface area contributed by atoms with Crippen molar-refractivity contribution in [1.29, 1.82) is 5.41 Å². The number of carboxylic acid groups (broad SMARTS) is 1. The Balaban J connectivity index is 1.05. The Kier molecular flexibility index (Phi) is 14.7. The number of carboxylic acids is 1. The molecule has 1 aliphatic rings. The number of aromatic nitrogens is 2. The van der Waals surface area contributed by atoms with Gasteiger partial charge in [0.15, 0.2) is 12.7 Å². The maximum atomic E-state index is 11.2. The average Bonchev–Trinajstić information content (AvgIpc) is 4.15. The number of nitrogens with zero attached hydrogens (tertiary/aromatic N) is 3. The van der Waals surface area contributed by atoms with E-state index in [1.807, 2.05) is 37.3 Å². The van der Waals surface area contributed by atoms with Crippen molar-refractivity contribution in [2.75, 3.05) is 13.1 Å². The van der Waals surface area contributed by atoms with Crippen LogP contribution in [0.4, 0.5) is 0 Å². The molecule has 0 bridgehead atoms. The molecule has 0 saturated carbocycles. The number of aliphatic hydroxyl groups excluding tert-OH is 1. The minimum absolute atomic E-state index is 0.00743. The summed E-state index contributed by atoms with van der Waals surface area (Å²) in [7, 11) is 0. The monoisotopic (exact) mass is 890 g/mol. The van der Waals surface area contributed by atoms with Crippen molar-refractivity contribution in [3.05, 3.63) is 163 Å². The number of hydrogen-bond donors (Lipinski definition) is 4. The summed E-state index contributed by atoms with van der Waals surface area (Å²) in [5.41, 5.74) is 11.6. The van der Waals surface area contributed by atoms with Crippen LogP contribution in [0, 0.1) is 19.3 Å². The molecule has 15 heteroatoms. The summed E-state index contributed by atoms with van der Waals surface area (Å²) in [5, 5.41) is 38.2. The molecule has 0 spiro atoms. The lowest BCUT2D eigenvalue weighted by molar-refractivity contribution is -0.146. The SMILES string of the molecule is Cc1c(COc2cc(OCc3cncc(C4=NC4)c3)c(C[OH2+])cc2Cl)cccc1-c1cccc(COc2cc(OCc3cncc(C=N)c3)c(CNCC(O)C(=O)O)cc2Cl)c1C. The summed E-state index contributed by atoms with van der Waals surface area (Å²) in [4.78, 5) is 23.9. The number of benzene rings is 4. The zero-order valence-corrected chi connectivity index (χ0v) is 36.1. The van der Waals surface area contributed by atoms with Gasteiger partial charge >= 0.3 is 5.97 Å². The Hall–Kier alpha value is -6.35. The number of rotatable bonds is 21. The third-order valence-corrected chi connectivity index (χ3v) is 11.1. The number of aliphatic imine (C=N–C) groups is 1. The van der Waals surface area contributed by atoms with Gasteiger partial charge in [0.2, 0.25) is 0 Å². The van der Waals surface area contributed by atoms with Gasteiger partial charge in [-0.3, -0.25) is 15.0 Å². The van der Waals surface area contributed by atoms with Crippen molar-refractivity contribution in [2.24, 2.45) is 4.99 Å². The highest BCUT2D eigenvalue weighted by Crippen LogP contribution is 2.37. The van der Waals surface area contributed by atoms with E-state index in [1.165, 1.54) is 6.21 Å². The third-order valence-electron chi connectivity index (χ3n) is 10.5. The molecule has 324 valence electrons. The van der Waals surface area contributed by atoms with Crippen LogP contribution < -0.4 is 24.3 Å². The van der Waals surface area contributed by atoms with Gasteiger partial charge in [0.05, 0.1) is 27.9 Å². The first kappa shape index (κ1) is 44.7. The zero-order chi connectivity index (χ0) is 44.5. The molecule has 13 nitrogen and oxygen atoms in total. The number of nitrogens with one attached hydrogen (secondary N) is 2. The Morgan fingerprint density at radius 1 is 0.762 bits per heavy atom. The summed E-state index contributed by atoms with van der Waals surface area (Å²) in [6.07, 6.45) is 6.40. The lowest BCUT2D eigenvalue weighted by atomic mass is 9.92. The van der Waals surface area contributed by atoms with Crippen molar-refractivity contribution in [1.82, 2.24) is 15.3 Å². The average molecular weight is 892 g/mol. The van der Waals surface area contributed by atoms with Crippen LogP contribution in [0.3, 0.4) is 0 Å². The van der Waals surface area contributed by atoms with Crippen molar-refractivity contribution in [3.63, 3.8) is 0 Å². The number of aliphatic carboxylic acids is 1. The molecule has 2 aromatic heterocycles. The molecule has 0 radical (unpaired) electrons. The van der Waals surface area contributed by atoms with Gasteiger partial charge in [0.1, 0.15) is 49.4 Å². The van der Waals surface area contributed by atoms with Gasteiger partial charge in [-0.05, 0) is 71.5 Å². The van der Waals surface area contributed by atoms with E-state index in [2.05, 4.69) is 39.3 Å². The van der Waals surface area contributed by atoms with Gasteiger partial charge in [-0.15, -0.1) is 0 Å². The van der Waals surface area contributed by atoms with Crippen molar-refractivity contribution in [3.8, 4) is 34.1 Å². The molecule has 6 N–H and O–H groups in total. The predicted molar refractivity (Wildman–Crippen MR) is 242 cm³/mol. The highest BCUT2D eigenvalue weighted by molar-refractivity contribution is 6.32. The summed E-state index contributed by atoms with van der Waals surface area (Å²) >= 11 is 13.4. The first-order valence-corrected chi connectivity index (χ1v) is 20.8. The fraction of sp³-hybridized carbons (Fsp3) is 0.229. The zero-order valence-electron chi connectivity index (χ0n) is 34.6. The highest BCUT2D eigenvalue weighted by atomic mass is 35.5. The number of hydrogen-bond acceptors (Lipinski definition) is 11. The quantitative estimate of drug-likeness (QED) is 0.0408. The van der Waals surface area contributed by atoms with Crippen molar-refractivity contribution < 1.29 is 39.1 Å². The second kappa shape index (κ2) is 20.7. The fourth-order valence-corrected chi connectivity index (χ4v) is 7.34. The molecule has 7 rings (SSSR count). The topological polar surface area (TPSA) is 191 Å². The molecular weight excluding hydrogens is 845 g/mol. The van der Waals surface area contributed by atoms with Crippen LogP contribution in [0.2, 0.25) is 10.0 Å². The number of aliphatic hydroxyl groups is 1. The van der Waals surface area contributed by atoms with E-state index in [4.69, 9.17) is 57.8 Å². The molecule has 3 heterocycles. The number of carbonyl (C=O) groups is 1. The minimum Gasteiger partial charge on any atom is -0.488 e. The second-order valence-electron chi connectivity index (χ2n) is 14.9. The van der Waals surface area contributed by atoms with Gasteiger partial charge in [-0.1, -0.05) is 59.6 Å². The van der Waals surface area contributed by atoms with Crippen LogP contribution in [0.15, 0.2) is 103 Å². The molecule has 1 unspecified atom stereocenters. The third kappa shape index (κ3) is 11.4. The molecule has 0 aliphatic carbocycles. The molecule has 0 saturated heterocycles. The summed E-state index contributed by atoms with van der Waals surface area (Å²) in [6.45, 7) is 5.66. The molecule has 0 amide bonds. The Morgan fingerprint density at radius 2 is 1.30 bits per heavy atom. The molecule has 63 heavy (non-hydrogen) atoms. The summed E-state index contributed by atoms with van der Waals surface area (Å²) in [6, 6.07) is 22.8. The van der Waals surface area contributed by atoms with Gasteiger partial charge in [0.25, 0.3) is 0 Å². The Bertz CT molecular complexity index is 2680. The van der Waals surface area contributed by atoms with Crippen LogP contribution in [0.25, 0.3) is 11.1 Å². The van der Waals surface area contributed by atoms with Crippen LogP contribution in [-0.4, -0.2) is 62.4 Å². The number of halogens is 2.